The summed E-state index contributed by atoms with van der Waals surface area (Å²) in [6.07, 6.45) is 2.65. The van der Waals surface area contributed by atoms with Crippen molar-refractivity contribution in [1.29, 1.82) is 0 Å². The molecule has 1 saturated heterocycles. The minimum atomic E-state index is 0.114. The van der Waals surface area contributed by atoms with Gasteiger partial charge in [0.05, 0.1) is 19.8 Å². The average Bonchev–Trinajstić information content (AvgIpc) is 3.09. The predicted octanol–water partition coefficient (Wildman–Crippen LogP) is 1.50. The number of fused-ring (bicyclic) bond motifs is 1. The standard InChI is InChI=1S/C18H28N2O2/c21-9-11-22-10-8-19-18-7-6-16-13-20(14-17(16)18)12-15-4-2-1-3-5-15/h1-5,16-19,21H,6-14H2. The van der Waals surface area contributed by atoms with Gasteiger partial charge in [-0.2, -0.15) is 0 Å². The number of nitrogens with zero attached hydrogens (tertiary/aromatic N) is 1. The molecule has 0 aromatic heterocycles. The first-order valence-corrected chi connectivity index (χ1v) is 8.55. The number of benzene rings is 1. The van der Waals surface area contributed by atoms with Gasteiger partial charge < -0.3 is 15.2 Å². The molecule has 0 bridgehead atoms. The van der Waals surface area contributed by atoms with Crippen LogP contribution in [0.4, 0.5) is 0 Å². The van der Waals surface area contributed by atoms with Crippen molar-refractivity contribution in [2.45, 2.75) is 25.4 Å². The van der Waals surface area contributed by atoms with Gasteiger partial charge in [-0.1, -0.05) is 30.3 Å². The third-order valence-corrected chi connectivity index (χ3v) is 5.07. The Balaban J connectivity index is 1.42. The summed E-state index contributed by atoms with van der Waals surface area (Å²) >= 11 is 0. The highest BCUT2D eigenvalue weighted by molar-refractivity contribution is 5.15. The van der Waals surface area contributed by atoms with Crippen LogP contribution in [0.3, 0.4) is 0 Å². The summed E-state index contributed by atoms with van der Waals surface area (Å²) < 4.78 is 5.33. The lowest BCUT2D eigenvalue weighted by Gasteiger charge is -2.22. The highest BCUT2D eigenvalue weighted by atomic mass is 16.5. The number of nitrogens with one attached hydrogen (secondary N) is 1. The van der Waals surface area contributed by atoms with Gasteiger partial charge in [-0.15, -0.1) is 0 Å². The topological polar surface area (TPSA) is 44.7 Å². The fourth-order valence-electron chi connectivity index (χ4n) is 4.06. The quantitative estimate of drug-likeness (QED) is 0.714. The maximum absolute atomic E-state index is 8.70. The first-order chi connectivity index (χ1) is 10.9. The lowest BCUT2D eigenvalue weighted by molar-refractivity contribution is 0.0916. The summed E-state index contributed by atoms with van der Waals surface area (Å²) in [5.41, 5.74) is 1.42. The van der Waals surface area contributed by atoms with E-state index in [1.165, 1.54) is 31.5 Å². The molecule has 0 spiro atoms. The maximum atomic E-state index is 8.70. The summed E-state index contributed by atoms with van der Waals surface area (Å²) in [7, 11) is 0. The van der Waals surface area contributed by atoms with Crippen molar-refractivity contribution in [1.82, 2.24) is 10.2 Å². The first kappa shape index (κ1) is 15.9. The van der Waals surface area contributed by atoms with E-state index in [1.807, 2.05) is 0 Å². The average molecular weight is 304 g/mol. The number of hydrogen-bond donors (Lipinski definition) is 2. The largest absolute Gasteiger partial charge is 0.394 e. The molecule has 0 amide bonds. The van der Waals surface area contributed by atoms with Crippen molar-refractivity contribution >= 4 is 0 Å². The molecular weight excluding hydrogens is 276 g/mol. The van der Waals surface area contributed by atoms with Gasteiger partial charge in [-0.25, -0.2) is 0 Å². The van der Waals surface area contributed by atoms with Gasteiger partial charge in [-0.3, -0.25) is 4.90 Å². The van der Waals surface area contributed by atoms with Crippen LogP contribution in [0.5, 0.6) is 0 Å². The molecule has 4 heteroatoms. The van der Waals surface area contributed by atoms with Crippen LogP contribution in [-0.4, -0.2) is 55.5 Å². The highest BCUT2D eigenvalue weighted by Gasteiger charge is 2.41. The molecule has 1 aliphatic heterocycles. The van der Waals surface area contributed by atoms with Gasteiger partial charge in [0.2, 0.25) is 0 Å². The van der Waals surface area contributed by atoms with Gasteiger partial charge in [0, 0.05) is 32.2 Å². The number of aliphatic hydroxyl groups is 1. The van der Waals surface area contributed by atoms with Crippen molar-refractivity contribution in [3.05, 3.63) is 35.9 Å². The van der Waals surface area contributed by atoms with Gasteiger partial charge in [-0.05, 0) is 30.2 Å². The molecule has 1 aromatic rings. The second kappa shape index (κ2) is 8.06. The minimum Gasteiger partial charge on any atom is -0.394 e. The normalized spacial score (nSPS) is 28.1. The third kappa shape index (κ3) is 4.07. The van der Waals surface area contributed by atoms with Gasteiger partial charge >= 0.3 is 0 Å². The molecule has 4 nitrogen and oxygen atoms in total. The number of likely N-dealkylation sites (tertiary alicyclic amines) is 1. The van der Waals surface area contributed by atoms with E-state index in [0.29, 0.717) is 19.3 Å². The second-order valence-electron chi connectivity index (χ2n) is 6.58. The smallest absolute Gasteiger partial charge is 0.0698 e. The zero-order chi connectivity index (χ0) is 15.2. The fourth-order valence-corrected chi connectivity index (χ4v) is 4.06. The second-order valence-corrected chi connectivity index (χ2v) is 6.58. The summed E-state index contributed by atoms with van der Waals surface area (Å²) in [4.78, 5) is 2.61. The molecule has 3 unspecified atom stereocenters. The monoisotopic (exact) mass is 304 g/mol. The predicted molar refractivity (Wildman–Crippen MR) is 87.6 cm³/mol. The molecule has 1 saturated carbocycles. The van der Waals surface area contributed by atoms with Crippen LogP contribution in [0.25, 0.3) is 0 Å². The van der Waals surface area contributed by atoms with Crippen LogP contribution in [0.1, 0.15) is 18.4 Å². The van der Waals surface area contributed by atoms with E-state index < -0.39 is 0 Å². The SMILES string of the molecule is OCCOCCNC1CCC2CN(Cc3ccccc3)CC21. The van der Waals surface area contributed by atoms with Crippen molar-refractivity contribution in [2.75, 3.05) is 39.5 Å². The first-order valence-electron chi connectivity index (χ1n) is 8.55. The molecule has 1 heterocycles. The molecule has 3 rings (SSSR count). The van der Waals surface area contributed by atoms with Gasteiger partial charge in [0.25, 0.3) is 0 Å². The molecule has 22 heavy (non-hydrogen) atoms. The van der Waals surface area contributed by atoms with E-state index in [2.05, 4.69) is 40.5 Å². The van der Waals surface area contributed by atoms with E-state index in [-0.39, 0.29) is 6.61 Å². The lowest BCUT2D eigenvalue weighted by atomic mass is 9.98. The molecule has 2 fully saturated rings. The van der Waals surface area contributed by atoms with Crippen LogP contribution in [0, 0.1) is 11.8 Å². The van der Waals surface area contributed by atoms with Crippen molar-refractivity contribution in [3.63, 3.8) is 0 Å². The number of rotatable bonds is 8. The molecule has 1 aromatic carbocycles. The zero-order valence-electron chi connectivity index (χ0n) is 13.3. The summed E-state index contributed by atoms with van der Waals surface area (Å²) in [6.45, 7) is 5.70. The van der Waals surface area contributed by atoms with Crippen LogP contribution in [0.15, 0.2) is 30.3 Å². The van der Waals surface area contributed by atoms with E-state index in [1.54, 1.807) is 0 Å². The Morgan fingerprint density at radius 3 is 2.82 bits per heavy atom. The summed E-state index contributed by atoms with van der Waals surface area (Å²) in [5, 5.41) is 12.4. The lowest BCUT2D eigenvalue weighted by Crippen LogP contribution is -2.37. The van der Waals surface area contributed by atoms with E-state index in [4.69, 9.17) is 9.84 Å². The van der Waals surface area contributed by atoms with E-state index in [9.17, 15) is 0 Å². The van der Waals surface area contributed by atoms with Crippen LogP contribution in [-0.2, 0) is 11.3 Å². The van der Waals surface area contributed by atoms with Crippen LogP contribution < -0.4 is 5.32 Å². The Morgan fingerprint density at radius 1 is 1.14 bits per heavy atom. The third-order valence-electron chi connectivity index (χ3n) is 5.07. The van der Waals surface area contributed by atoms with Crippen molar-refractivity contribution in [2.24, 2.45) is 11.8 Å². The molecule has 122 valence electrons. The van der Waals surface area contributed by atoms with Crippen molar-refractivity contribution in [3.8, 4) is 0 Å². The molecule has 2 aliphatic rings. The minimum absolute atomic E-state index is 0.114. The molecule has 0 radical (unpaired) electrons. The number of aliphatic hydroxyl groups excluding tert-OH is 1. The summed E-state index contributed by atoms with van der Waals surface area (Å²) in [6, 6.07) is 11.4. The Kier molecular flexibility index (Phi) is 5.84. The fraction of sp³-hybridized carbons (Fsp3) is 0.667. The molecule has 1 aliphatic carbocycles. The Morgan fingerprint density at radius 2 is 2.00 bits per heavy atom. The summed E-state index contributed by atoms with van der Waals surface area (Å²) in [5.74, 6) is 1.65. The van der Waals surface area contributed by atoms with Crippen LogP contribution in [0.2, 0.25) is 0 Å². The van der Waals surface area contributed by atoms with E-state index >= 15 is 0 Å². The molecule has 2 N–H and O–H groups in total. The van der Waals surface area contributed by atoms with Gasteiger partial charge in [0.15, 0.2) is 0 Å². The zero-order valence-corrected chi connectivity index (χ0v) is 13.3. The van der Waals surface area contributed by atoms with Gasteiger partial charge in [0.1, 0.15) is 0 Å². The highest BCUT2D eigenvalue weighted by Crippen LogP contribution is 2.38. The Bertz CT molecular complexity index is 440. The maximum Gasteiger partial charge on any atom is 0.0698 e. The van der Waals surface area contributed by atoms with E-state index in [0.717, 1.165) is 24.9 Å². The number of ether oxygens (including phenoxy) is 1. The Hall–Kier alpha value is -0.940. The Labute approximate surface area is 133 Å². The van der Waals surface area contributed by atoms with Crippen molar-refractivity contribution < 1.29 is 9.84 Å². The molecule has 3 atom stereocenters. The van der Waals surface area contributed by atoms with Crippen LogP contribution >= 0.6 is 0 Å². The number of hydrogen-bond acceptors (Lipinski definition) is 4. The molecular formula is C18H28N2O2.